The Balaban J connectivity index is 4.06. The Morgan fingerprint density at radius 2 is 0.882 bits per heavy atom. The van der Waals surface area contributed by atoms with Crippen LogP contribution in [0.2, 0.25) is 0 Å². The lowest BCUT2D eigenvalue weighted by atomic mass is 10.0. The van der Waals surface area contributed by atoms with E-state index in [1.165, 1.54) is 89.9 Å². The van der Waals surface area contributed by atoms with Crippen LogP contribution in [-0.2, 0) is 9.47 Å². The molecule has 206 valence electrons. The fraction of sp³-hybridized carbons (Fsp3) is 1.00. The monoisotopic (exact) mass is 490 g/mol. The smallest absolute Gasteiger partial charge is 0.216 e. The largest absolute Gasteiger partial charge is 0.391 e. The van der Waals surface area contributed by atoms with Crippen LogP contribution >= 0.6 is 0 Å². The van der Waals surface area contributed by atoms with Gasteiger partial charge in [-0.05, 0) is 26.7 Å². The minimum Gasteiger partial charge on any atom is -0.391 e. The molecule has 2 unspecified atom stereocenters. The van der Waals surface area contributed by atoms with E-state index in [2.05, 4.69) is 6.92 Å². The molecule has 0 rings (SSSR count). The summed E-state index contributed by atoms with van der Waals surface area (Å²) in [6.45, 7) is 8.19. The fourth-order valence-corrected chi connectivity index (χ4v) is 4.79. The first-order chi connectivity index (χ1) is 16.6. The Morgan fingerprint density at radius 3 is 1.21 bits per heavy atom. The maximum Gasteiger partial charge on any atom is 0.216 e. The van der Waals surface area contributed by atoms with Gasteiger partial charge in [0.2, 0.25) is 12.5 Å². The van der Waals surface area contributed by atoms with Gasteiger partial charge in [0.15, 0.2) is 0 Å². The topological polar surface area (TPSA) is 79.2 Å². The van der Waals surface area contributed by atoms with Crippen molar-refractivity contribution in [2.45, 2.75) is 136 Å². The van der Waals surface area contributed by atoms with Crippen LogP contribution < -0.4 is 0 Å². The van der Waals surface area contributed by atoms with Crippen molar-refractivity contribution in [3.63, 3.8) is 0 Å². The molecular formula is C28H60NO5+. The van der Waals surface area contributed by atoms with Crippen LogP contribution in [0.5, 0.6) is 0 Å². The molecule has 34 heavy (non-hydrogen) atoms. The van der Waals surface area contributed by atoms with Crippen LogP contribution in [-0.4, -0.2) is 78.4 Å². The van der Waals surface area contributed by atoms with Crippen LogP contribution in [0.25, 0.3) is 0 Å². The average Bonchev–Trinajstić information content (AvgIpc) is 2.84. The number of unbranched alkanes of at least 4 members (excludes halogenated alkanes) is 15. The average molecular weight is 491 g/mol. The van der Waals surface area contributed by atoms with Crippen molar-refractivity contribution in [2.75, 3.05) is 46.1 Å². The molecular weight excluding hydrogens is 430 g/mol. The van der Waals surface area contributed by atoms with Crippen molar-refractivity contribution in [1.29, 1.82) is 0 Å². The highest BCUT2D eigenvalue weighted by molar-refractivity contribution is 4.56. The lowest BCUT2D eigenvalue weighted by molar-refractivity contribution is -1.01. The van der Waals surface area contributed by atoms with E-state index in [0.717, 1.165) is 12.8 Å². The SMILES string of the molecule is CCCCCCCCCCCCCCCCCC[N+](CCO)(C(O)COCC)C(O)COCC. The summed E-state index contributed by atoms with van der Waals surface area (Å²) >= 11 is 0. The first-order valence-electron chi connectivity index (χ1n) is 14.6. The highest BCUT2D eigenvalue weighted by Gasteiger charge is 2.42. The van der Waals surface area contributed by atoms with Gasteiger partial charge >= 0.3 is 0 Å². The number of aliphatic hydroxyl groups excluding tert-OH is 3. The van der Waals surface area contributed by atoms with E-state index in [-0.39, 0.29) is 24.3 Å². The molecule has 0 aliphatic heterocycles. The van der Waals surface area contributed by atoms with Crippen LogP contribution in [0.3, 0.4) is 0 Å². The molecule has 0 amide bonds. The zero-order valence-corrected chi connectivity index (χ0v) is 23.0. The first kappa shape index (κ1) is 33.8. The summed E-state index contributed by atoms with van der Waals surface area (Å²) < 4.78 is 10.9. The van der Waals surface area contributed by atoms with Crippen LogP contribution in [0.4, 0.5) is 0 Å². The minimum atomic E-state index is -0.876. The van der Waals surface area contributed by atoms with E-state index < -0.39 is 12.5 Å². The molecule has 3 N–H and O–H groups in total. The molecule has 0 aromatic carbocycles. The lowest BCUT2D eigenvalue weighted by Gasteiger charge is -2.45. The Hall–Kier alpha value is -0.240. The van der Waals surface area contributed by atoms with E-state index in [1.54, 1.807) is 0 Å². The summed E-state index contributed by atoms with van der Waals surface area (Å²) in [6, 6.07) is 0. The molecule has 0 aliphatic rings. The zero-order chi connectivity index (χ0) is 25.3. The summed E-state index contributed by atoms with van der Waals surface area (Å²) in [5, 5.41) is 31.3. The highest BCUT2D eigenvalue weighted by atomic mass is 16.5. The van der Waals surface area contributed by atoms with Gasteiger partial charge in [0.05, 0.1) is 13.2 Å². The molecule has 0 spiro atoms. The molecule has 0 heterocycles. The Labute approximate surface area is 211 Å². The van der Waals surface area contributed by atoms with Crippen molar-refractivity contribution >= 4 is 0 Å². The maximum absolute atomic E-state index is 10.8. The van der Waals surface area contributed by atoms with E-state index in [0.29, 0.717) is 26.3 Å². The number of quaternary nitrogens is 1. The molecule has 0 saturated carbocycles. The third-order valence-electron chi connectivity index (χ3n) is 7.07. The van der Waals surface area contributed by atoms with Gasteiger partial charge in [-0.3, -0.25) is 4.48 Å². The van der Waals surface area contributed by atoms with Crippen molar-refractivity contribution < 1.29 is 29.3 Å². The number of rotatable bonds is 27. The highest BCUT2D eigenvalue weighted by Crippen LogP contribution is 2.21. The molecule has 6 heteroatoms. The molecule has 0 fully saturated rings. The second-order valence-electron chi connectivity index (χ2n) is 9.86. The molecule has 2 atom stereocenters. The van der Waals surface area contributed by atoms with Crippen LogP contribution in [0.15, 0.2) is 0 Å². The van der Waals surface area contributed by atoms with Gasteiger partial charge in [0, 0.05) is 13.2 Å². The Kier molecular flexibility index (Phi) is 24.3. The normalized spacial score (nSPS) is 15.4. The van der Waals surface area contributed by atoms with E-state index in [1.807, 2.05) is 13.8 Å². The summed E-state index contributed by atoms with van der Waals surface area (Å²) in [5.41, 5.74) is 0. The van der Waals surface area contributed by atoms with Gasteiger partial charge in [-0.25, -0.2) is 0 Å². The summed E-state index contributed by atoms with van der Waals surface area (Å²) in [5.74, 6) is 0. The number of nitrogens with zero attached hydrogens (tertiary/aromatic N) is 1. The minimum absolute atomic E-state index is 0.0229. The van der Waals surface area contributed by atoms with Gasteiger partial charge in [-0.2, -0.15) is 0 Å². The second-order valence-corrected chi connectivity index (χ2v) is 9.86. The third kappa shape index (κ3) is 16.4. The summed E-state index contributed by atoms with van der Waals surface area (Å²) in [6.07, 6.45) is 19.2. The van der Waals surface area contributed by atoms with Crippen molar-refractivity contribution in [2.24, 2.45) is 0 Å². The summed E-state index contributed by atoms with van der Waals surface area (Å²) in [4.78, 5) is 0. The number of aliphatic hydroxyl groups is 3. The zero-order valence-electron chi connectivity index (χ0n) is 23.0. The number of hydrogen-bond acceptors (Lipinski definition) is 5. The van der Waals surface area contributed by atoms with Gasteiger partial charge in [0.1, 0.15) is 19.8 Å². The Bertz CT molecular complexity index is 396. The van der Waals surface area contributed by atoms with E-state index >= 15 is 0 Å². The Morgan fingerprint density at radius 1 is 0.529 bits per heavy atom. The van der Waals surface area contributed by atoms with E-state index in [9.17, 15) is 15.3 Å². The van der Waals surface area contributed by atoms with Gasteiger partial charge in [0.25, 0.3) is 0 Å². The standard InChI is InChI=1S/C28H60NO5/c1-4-7-8-9-10-11-12-13-14-15-16-17-18-19-20-21-22-29(23-24-30,27(31)25-33-5-2)28(32)26-34-6-3/h27-28,30-32H,4-26H2,1-3H3/q+1. The fourth-order valence-electron chi connectivity index (χ4n) is 4.79. The molecule has 0 aromatic heterocycles. The van der Waals surface area contributed by atoms with Gasteiger partial charge in [-0.1, -0.05) is 96.8 Å². The predicted molar refractivity (Wildman–Crippen MR) is 142 cm³/mol. The third-order valence-corrected chi connectivity index (χ3v) is 7.07. The van der Waals surface area contributed by atoms with Crippen molar-refractivity contribution in [3.05, 3.63) is 0 Å². The summed E-state index contributed by atoms with van der Waals surface area (Å²) in [7, 11) is 0. The van der Waals surface area contributed by atoms with Crippen LogP contribution in [0.1, 0.15) is 124 Å². The number of hydrogen-bond donors (Lipinski definition) is 3. The number of ether oxygens (including phenoxy) is 2. The predicted octanol–water partition coefficient (Wildman–Crippen LogP) is 5.77. The quantitative estimate of drug-likeness (QED) is 0.0774. The lowest BCUT2D eigenvalue weighted by Crippen LogP contribution is -2.65. The second kappa shape index (κ2) is 24.5. The molecule has 0 aromatic rings. The maximum atomic E-state index is 10.8. The molecule has 0 saturated heterocycles. The molecule has 0 radical (unpaired) electrons. The van der Waals surface area contributed by atoms with Crippen LogP contribution in [0, 0.1) is 0 Å². The molecule has 0 aliphatic carbocycles. The van der Waals surface area contributed by atoms with Crippen molar-refractivity contribution in [1.82, 2.24) is 0 Å². The molecule has 0 bridgehead atoms. The van der Waals surface area contributed by atoms with Crippen molar-refractivity contribution in [3.8, 4) is 0 Å². The van der Waals surface area contributed by atoms with Gasteiger partial charge < -0.3 is 24.8 Å². The first-order valence-corrected chi connectivity index (χ1v) is 14.6. The molecule has 6 nitrogen and oxygen atoms in total. The van der Waals surface area contributed by atoms with E-state index in [4.69, 9.17) is 9.47 Å². The van der Waals surface area contributed by atoms with Gasteiger partial charge in [-0.15, -0.1) is 0 Å².